The van der Waals surface area contributed by atoms with Gasteiger partial charge >= 0.3 is 0 Å². The number of ether oxygens (including phenoxy) is 1. The summed E-state index contributed by atoms with van der Waals surface area (Å²) < 4.78 is 5.94. The molecule has 0 N–H and O–H groups in total. The Bertz CT molecular complexity index is 1120. The van der Waals surface area contributed by atoms with E-state index in [-0.39, 0.29) is 6.61 Å². The maximum Gasteiger partial charge on any atom is 0.127 e. The van der Waals surface area contributed by atoms with Crippen molar-refractivity contribution in [1.82, 2.24) is 0 Å². The molecule has 0 aliphatic carbocycles. The van der Waals surface area contributed by atoms with Gasteiger partial charge in [-0.2, -0.15) is 10.5 Å². The van der Waals surface area contributed by atoms with E-state index in [1.54, 1.807) is 42.5 Å². The number of rotatable bonds is 5. The lowest BCUT2D eigenvalue weighted by atomic mass is 10.0. The molecule has 0 heterocycles. The number of hydrogen-bond acceptors (Lipinski definition) is 3. The Labute approximate surface area is 173 Å². The lowest BCUT2D eigenvalue weighted by Gasteiger charge is -2.11. The highest BCUT2D eigenvalue weighted by molar-refractivity contribution is 6.35. The van der Waals surface area contributed by atoms with Crippen LogP contribution >= 0.6 is 23.2 Å². The topological polar surface area (TPSA) is 56.8 Å². The Kier molecular flexibility index (Phi) is 6.35. The predicted molar refractivity (Wildman–Crippen MR) is 112 cm³/mol. The molecule has 0 spiro atoms. The molecule has 0 aliphatic heterocycles. The predicted octanol–water partition coefficient (Wildman–Crippen LogP) is 6.51. The third kappa shape index (κ3) is 4.72. The highest BCUT2D eigenvalue weighted by Crippen LogP contribution is 2.27. The Hall–Kier alpha value is -3.24. The number of hydrogen-bond donors (Lipinski definition) is 0. The van der Waals surface area contributed by atoms with Gasteiger partial charge in [-0.05, 0) is 42.0 Å². The molecule has 0 aromatic heterocycles. The van der Waals surface area contributed by atoms with Gasteiger partial charge in [-0.25, -0.2) is 0 Å². The fraction of sp³-hybridized carbons (Fsp3) is 0.0435. The fourth-order valence-corrected chi connectivity index (χ4v) is 3.08. The largest absolute Gasteiger partial charge is 0.488 e. The average molecular weight is 405 g/mol. The summed E-state index contributed by atoms with van der Waals surface area (Å²) in [7, 11) is 0. The first kappa shape index (κ1) is 19.5. The van der Waals surface area contributed by atoms with Gasteiger partial charge in [-0.15, -0.1) is 0 Å². The van der Waals surface area contributed by atoms with Crippen molar-refractivity contribution in [3.8, 4) is 17.9 Å². The van der Waals surface area contributed by atoms with E-state index in [0.717, 1.165) is 11.1 Å². The minimum atomic E-state index is 0.270. The molecule has 28 heavy (non-hydrogen) atoms. The van der Waals surface area contributed by atoms with Crippen molar-refractivity contribution in [1.29, 1.82) is 10.5 Å². The van der Waals surface area contributed by atoms with Gasteiger partial charge in [-0.1, -0.05) is 59.6 Å². The molecule has 0 saturated carbocycles. The van der Waals surface area contributed by atoms with Crippen molar-refractivity contribution in [2.45, 2.75) is 6.61 Å². The van der Waals surface area contributed by atoms with E-state index in [1.807, 2.05) is 30.3 Å². The Morgan fingerprint density at radius 2 is 1.79 bits per heavy atom. The first-order valence-corrected chi connectivity index (χ1v) is 9.14. The number of nitrogens with zero attached hydrogens (tertiary/aromatic N) is 2. The van der Waals surface area contributed by atoms with Crippen molar-refractivity contribution in [3.05, 3.63) is 99.0 Å². The van der Waals surface area contributed by atoms with E-state index >= 15 is 0 Å². The zero-order valence-electron chi connectivity index (χ0n) is 14.7. The van der Waals surface area contributed by atoms with Crippen LogP contribution in [0.3, 0.4) is 0 Å². The second-order valence-electron chi connectivity index (χ2n) is 5.92. The van der Waals surface area contributed by atoms with Crippen molar-refractivity contribution in [2.75, 3.05) is 0 Å². The van der Waals surface area contributed by atoms with Gasteiger partial charge in [0.2, 0.25) is 0 Å². The summed E-state index contributed by atoms with van der Waals surface area (Å²) in [5.41, 5.74) is 3.19. The van der Waals surface area contributed by atoms with E-state index in [4.69, 9.17) is 33.2 Å². The zero-order chi connectivity index (χ0) is 19.9. The van der Waals surface area contributed by atoms with Gasteiger partial charge < -0.3 is 4.74 Å². The number of halogens is 2. The van der Waals surface area contributed by atoms with Crippen molar-refractivity contribution in [3.63, 3.8) is 0 Å². The van der Waals surface area contributed by atoms with Crippen LogP contribution in [0.25, 0.3) is 11.6 Å². The van der Waals surface area contributed by atoms with Crippen LogP contribution < -0.4 is 4.74 Å². The zero-order valence-corrected chi connectivity index (χ0v) is 16.2. The van der Waals surface area contributed by atoms with Crippen LogP contribution in [0, 0.1) is 22.7 Å². The molecule has 0 fully saturated rings. The summed E-state index contributed by atoms with van der Waals surface area (Å²) >= 11 is 12.1. The molecular formula is C23H14Cl2N2O. The highest BCUT2D eigenvalue weighted by atomic mass is 35.5. The summed E-state index contributed by atoms with van der Waals surface area (Å²) in [5.74, 6) is 0.623. The van der Waals surface area contributed by atoms with Crippen LogP contribution in [0.15, 0.2) is 66.7 Å². The molecule has 136 valence electrons. The molecule has 5 heteroatoms. The highest BCUT2D eigenvalue weighted by Gasteiger charge is 2.08. The summed E-state index contributed by atoms with van der Waals surface area (Å²) in [6, 6.07) is 23.9. The summed E-state index contributed by atoms with van der Waals surface area (Å²) in [6.45, 7) is 0.270. The SMILES string of the molecule is N#C/C(=C/c1ccccc1OCc1ccc(Cl)cc1Cl)c1cccc(C#N)c1. The molecule has 3 aromatic rings. The minimum absolute atomic E-state index is 0.270. The second-order valence-corrected chi connectivity index (χ2v) is 6.77. The van der Waals surface area contributed by atoms with E-state index in [0.29, 0.717) is 32.5 Å². The van der Waals surface area contributed by atoms with Crippen LogP contribution in [-0.4, -0.2) is 0 Å². The Morgan fingerprint density at radius 1 is 0.964 bits per heavy atom. The van der Waals surface area contributed by atoms with Crippen molar-refractivity contribution in [2.24, 2.45) is 0 Å². The van der Waals surface area contributed by atoms with Gasteiger partial charge in [0.15, 0.2) is 0 Å². The summed E-state index contributed by atoms with van der Waals surface area (Å²) in [6.07, 6.45) is 1.75. The molecule has 3 rings (SSSR count). The van der Waals surface area contributed by atoms with Crippen LogP contribution in [0.2, 0.25) is 10.0 Å². The van der Waals surface area contributed by atoms with Crippen LogP contribution in [-0.2, 0) is 6.61 Å². The second kappa shape index (κ2) is 9.11. The van der Waals surface area contributed by atoms with E-state index in [1.165, 1.54) is 0 Å². The normalized spacial score (nSPS) is 10.8. The lowest BCUT2D eigenvalue weighted by Crippen LogP contribution is -1.98. The van der Waals surface area contributed by atoms with Crippen LogP contribution in [0.1, 0.15) is 22.3 Å². The first-order valence-electron chi connectivity index (χ1n) is 8.39. The molecule has 0 saturated heterocycles. The molecule has 3 aromatic carbocycles. The van der Waals surface area contributed by atoms with Crippen molar-refractivity contribution < 1.29 is 4.74 Å². The van der Waals surface area contributed by atoms with Crippen LogP contribution in [0.4, 0.5) is 0 Å². The molecule has 0 unspecified atom stereocenters. The molecule has 0 radical (unpaired) electrons. The quantitative estimate of drug-likeness (QED) is 0.359. The minimum Gasteiger partial charge on any atom is -0.488 e. The van der Waals surface area contributed by atoms with Gasteiger partial charge in [0, 0.05) is 21.2 Å². The van der Waals surface area contributed by atoms with E-state index < -0.39 is 0 Å². The van der Waals surface area contributed by atoms with Crippen molar-refractivity contribution >= 4 is 34.9 Å². The van der Waals surface area contributed by atoms with Gasteiger partial charge in [0.25, 0.3) is 0 Å². The monoisotopic (exact) mass is 404 g/mol. The third-order valence-corrected chi connectivity index (χ3v) is 4.63. The standard InChI is InChI=1S/C23H14Cl2N2O/c24-21-9-8-19(22(25)12-21)15-28-23-7-2-1-5-18(23)11-20(14-27)17-6-3-4-16(10-17)13-26/h1-12H,15H2/b20-11-. The van der Waals surface area contributed by atoms with Gasteiger partial charge in [0.1, 0.15) is 12.4 Å². The molecule has 0 bridgehead atoms. The maximum absolute atomic E-state index is 9.59. The molecule has 0 atom stereocenters. The van der Waals surface area contributed by atoms with E-state index in [9.17, 15) is 5.26 Å². The fourth-order valence-electron chi connectivity index (χ4n) is 2.62. The molecule has 0 amide bonds. The average Bonchev–Trinajstić information content (AvgIpc) is 2.72. The number of nitriles is 2. The molecule has 3 nitrogen and oxygen atoms in total. The molecule has 0 aliphatic rings. The maximum atomic E-state index is 9.59. The Morgan fingerprint density at radius 3 is 2.54 bits per heavy atom. The van der Waals surface area contributed by atoms with E-state index in [2.05, 4.69) is 12.1 Å². The number of benzene rings is 3. The number of allylic oxidation sites excluding steroid dienone is 1. The Balaban J connectivity index is 1.89. The van der Waals surface area contributed by atoms with Gasteiger partial charge in [-0.3, -0.25) is 0 Å². The third-order valence-electron chi connectivity index (χ3n) is 4.04. The van der Waals surface area contributed by atoms with Gasteiger partial charge in [0.05, 0.1) is 23.3 Å². The smallest absolute Gasteiger partial charge is 0.127 e. The van der Waals surface area contributed by atoms with Crippen LogP contribution in [0.5, 0.6) is 5.75 Å². The lowest BCUT2D eigenvalue weighted by molar-refractivity contribution is 0.305. The number of para-hydroxylation sites is 1. The first-order chi connectivity index (χ1) is 13.6. The molecular weight excluding hydrogens is 391 g/mol. The summed E-state index contributed by atoms with van der Waals surface area (Å²) in [5, 5.41) is 19.8. The summed E-state index contributed by atoms with van der Waals surface area (Å²) in [4.78, 5) is 0.